The highest BCUT2D eigenvalue weighted by Crippen LogP contribution is 2.00. The molecule has 0 spiro atoms. The molecule has 0 radical (unpaired) electrons. The average molecular weight is 135 g/mol. The zero-order valence-corrected chi connectivity index (χ0v) is 5.94. The van der Waals surface area contributed by atoms with Crippen LogP contribution in [0.25, 0.3) is 0 Å². The highest BCUT2D eigenvalue weighted by molar-refractivity contribution is 7.80. The van der Waals surface area contributed by atoms with Crippen molar-refractivity contribution in [2.75, 3.05) is 6.61 Å². The first-order valence-electron chi connectivity index (χ1n) is 2.71. The van der Waals surface area contributed by atoms with Crippen LogP contribution >= 0.6 is 12.6 Å². The molecule has 2 unspecified atom stereocenters. The van der Waals surface area contributed by atoms with Gasteiger partial charge in [0.2, 0.25) is 0 Å². The normalized spacial score (nSPS) is 18.0. The molecule has 0 aliphatic carbocycles. The summed E-state index contributed by atoms with van der Waals surface area (Å²) < 4.78 is 0. The Bertz CT molecular complexity index is 58.4. The lowest BCUT2D eigenvalue weighted by Gasteiger charge is -2.08. The summed E-state index contributed by atoms with van der Waals surface area (Å²) in [5.41, 5.74) is 5.38. The molecular weight excluding hydrogens is 122 g/mol. The predicted molar refractivity (Wildman–Crippen MR) is 38.1 cm³/mol. The predicted octanol–water partition coefficient (Wildman–Crippen LogP) is 0.0144. The molecule has 0 aliphatic rings. The maximum absolute atomic E-state index is 8.42. The lowest BCUT2D eigenvalue weighted by molar-refractivity contribution is 0.260. The molecule has 3 N–H and O–H groups in total. The van der Waals surface area contributed by atoms with Crippen molar-refractivity contribution in [3.8, 4) is 0 Å². The Balaban J connectivity index is 3.10. The maximum atomic E-state index is 8.42. The highest BCUT2D eigenvalue weighted by Gasteiger charge is 2.02. The van der Waals surface area contributed by atoms with Crippen molar-refractivity contribution in [2.24, 2.45) is 5.73 Å². The average Bonchev–Trinajstić information content (AvgIpc) is 1.65. The van der Waals surface area contributed by atoms with Gasteiger partial charge in [0.1, 0.15) is 0 Å². The summed E-state index contributed by atoms with van der Waals surface area (Å²) in [5.74, 6) is 0. The van der Waals surface area contributed by atoms with Gasteiger partial charge >= 0.3 is 0 Å². The molecule has 0 bridgehead atoms. The molecule has 3 heteroatoms. The molecule has 8 heavy (non-hydrogen) atoms. The van der Waals surface area contributed by atoms with Gasteiger partial charge in [-0.3, -0.25) is 0 Å². The van der Waals surface area contributed by atoms with Crippen molar-refractivity contribution in [3.05, 3.63) is 0 Å². The summed E-state index contributed by atoms with van der Waals surface area (Å²) in [7, 11) is 0. The van der Waals surface area contributed by atoms with E-state index in [0.29, 0.717) is 0 Å². The van der Waals surface area contributed by atoms with E-state index < -0.39 is 0 Å². The quantitative estimate of drug-likeness (QED) is 0.478. The lowest BCUT2D eigenvalue weighted by Crippen LogP contribution is -2.26. The molecule has 0 heterocycles. The van der Waals surface area contributed by atoms with Crippen molar-refractivity contribution in [2.45, 2.75) is 24.6 Å². The molecule has 50 valence electrons. The highest BCUT2D eigenvalue weighted by atomic mass is 32.1. The van der Waals surface area contributed by atoms with Gasteiger partial charge in [-0.1, -0.05) is 6.92 Å². The van der Waals surface area contributed by atoms with Gasteiger partial charge in [-0.15, -0.1) is 0 Å². The van der Waals surface area contributed by atoms with Crippen LogP contribution in [0.5, 0.6) is 0 Å². The molecule has 0 fully saturated rings. The van der Waals surface area contributed by atoms with E-state index >= 15 is 0 Å². The molecular formula is C5H13NOS. The minimum Gasteiger partial charge on any atom is -0.395 e. The Morgan fingerprint density at radius 2 is 2.25 bits per heavy atom. The number of hydrogen-bond acceptors (Lipinski definition) is 3. The number of nitrogens with two attached hydrogens (primary N) is 1. The van der Waals surface area contributed by atoms with Crippen LogP contribution < -0.4 is 5.73 Å². The second-order valence-corrected chi connectivity index (χ2v) is 2.91. The van der Waals surface area contributed by atoms with E-state index in [0.717, 1.165) is 6.42 Å². The van der Waals surface area contributed by atoms with E-state index in [1.807, 2.05) is 6.92 Å². The van der Waals surface area contributed by atoms with Gasteiger partial charge in [-0.2, -0.15) is 12.6 Å². The van der Waals surface area contributed by atoms with E-state index in [1.165, 1.54) is 0 Å². The number of aliphatic hydroxyl groups excluding tert-OH is 1. The Kier molecular flexibility index (Phi) is 4.32. The molecule has 0 aromatic heterocycles. The maximum Gasteiger partial charge on any atom is 0.0582 e. The first-order valence-corrected chi connectivity index (χ1v) is 3.23. The number of thiol groups is 1. The van der Waals surface area contributed by atoms with Gasteiger partial charge in [0.25, 0.3) is 0 Å². The van der Waals surface area contributed by atoms with Crippen LogP contribution in [-0.2, 0) is 0 Å². The zero-order valence-electron chi connectivity index (χ0n) is 5.04. The second-order valence-electron chi connectivity index (χ2n) is 2.03. The third-order valence-electron chi connectivity index (χ3n) is 0.878. The Morgan fingerprint density at radius 3 is 2.38 bits per heavy atom. The van der Waals surface area contributed by atoms with E-state index in [-0.39, 0.29) is 17.9 Å². The Morgan fingerprint density at radius 1 is 1.75 bits per heavy atom. The van der Waals surface area contributed by atoms with Crippen LogP contribution in [0.4, 0.5) is 0 Å². The van der Waals surface area contributed by atoms with Crippen LogP contribution in [-0.4, -0.2) is 23.0 Å². The van der Waals surface area contributed by atoms with Gasteiger partial charge in [-0.25, -0.2) is 0 Å². The van der Waals surface area contributed by atoms with Gasteiger partial charge in [0.15, 0.2) is 0 Å². The van der Waals surface area contributed by atoms with Gasteiger partial charge in [0.05, 0.1) is 6.61 Å². The first kappa shape index (κ1) is 8.27. The zero-order chi connectivity index (χ0) is 6.57. The molecule has 0 saturated carbocycles. The van der Waals surface area contributed by atoms with Crippen LogP contribution in [0.1, 0.15) is 13.3 Å². The fourth-order valence-corrected chi connectivity index (χ4v) is 0.783. The smallest absolute Gasteiger partial charge is 0.0582 e. The molecule has 0 saturated heterocycles. The summed E-state index contributed by atoms with van der Waals surface area (Å²) >= 11 is 4.10. The van der Waals surface area contributed by atoms with Crippen molar-refractivity contribution in [1.82, 2.24) is 0 Å². The number of hydrogen-bond donors (Lipinski definition) is 3. The van der Waals surface area contributed by atoms with Crippen molar-refractivity contribution in [3.63, 3.8) is 0 Å². The van der Waals surface area contributed by atoms with Crippen LogP contribution in [0.15, 0.2) is 0 Å². The summed E-state index contributed by atoms with van der Waals surface area (Å²) in [6, 6.07) is -0.0949. The van der Waals surface area contributed by atoms with Crippen LogP contribution in [0.3, 0.4) is 0 Å². The molecule has 0 aliphatic heterocycles. The van der Waals surface area contributed by atoms with E-state index in [4.69, 9.17) is 10.8 Å². The van der Waals surface area contributed by atoms with E-state index in [2.05, 4.69) is 12.6 Å². The monoisotopic (exact) mass is 135 g/mol. The molecule has 2 nitrogen and oxygen atoms in total. The SMILES string of the molecule is CC(S)CC(N)CO. The molecule has 0 aromatic carbocycles. The summed E-state index contributed by atoms with van der Waals surface area (Å²) in [6.45, 7) is 2.02. The van der Waals surface area contributed by atoms with Gasteiger partial charge in [0, 0.05) is 11.3 Å². The summed E-state index contributed by atoms with van der Waals surface area (Å²) in [6.07, 6.45) is 0.777. The summed E-state index contributed by atoms with van der Waals surface area (Å²) in [5, 5.41) is 8.71. The largest absolute Gasteiger partial charge is 0.395 e. The third kappa shape index (κ3) is 4.43. The number of rotatable bonds is 3. The molecule has 0 aromatic rings. The topological polar surface area (TPSA) is 46.2 Å². The molecule has 2 atom stereocenters. The van der Waals surface area contributed by atoms with Crippen LogP contribution in [0, 0.1) is 0 Å². The van der Waals surface area contributed by atoms with Gasteiger partial charge < -0.3 is 10.8 Å². The Hall–Kier alpha value is 0.270. The number of aliphatic hydroxyl groups is 1. The van der Waals surface area contributed by atoms with Crippen molar-refractivity contribution in [1.29, 1.82) is 0 Å². The lowest BCUT2D eigenvalue weighted by atomic mass is 10.2. The fourth-order valence-electron chi connectivity index (χ4n) is 0.513. The van der Waals surface area contributed by atoms with Crippen molar-refractivity contribution < 1.29 is 5.11 Å². The van der Waals surface area contributed by atoms with Crippen molar-refractivity contribution >= 4 is 12.6 Å². The molecule has 0 amide bonds. The minimum absolute atomic E-state index is 0.0604. The molecule has 0 rings (SSSR count). The van der Waals surface area contributed by atoms with Gasteiger partial charge in [-0.05, 0) is 6.42 Å². The first-order chi connectivity index (χ1) is 3.66. The minimum atomic E-state index is -0.0949. The summed E-state index contributed by atoms with van der Waals surface area (Å²) in [4.78, 5) is 0. The third-order valence-corrected chi connectivity index (χ3v) is 1.09. The fraction of sp³-hybridized carbons (Fsp3) is 1.00. The standard InChI is InChI=1S/C5H13NOS/c1-4(8)2-5(6)3-7/h4-5,7-8H,2-3,6H2,1H3. The van der Waals surface area contributed by atoms with Crippen LogP contribution in [0.2, 0.25) is 0 Å². The second kappa shape index (κ2) is 4.18. The van der Waals surface area contributed by atoms with E-state index in [9.17, 15) is 0 Å². The Labute approximate surface area is 55.5 Å². The van der Waals surface area contributed by atoms with E-state index in [1.54, 1.807) is 0 Å².